The number of Topliss-reactive ketones (excluding diaryl/α,β-unsaturated/α-hetero) is 1. The van der Waals surface area contributed by atoms with Crippen LogP contribution in [-0.2, 0) is 45.7 Å². The molecule has 8 aromatic carbocycles. The molecule has 0 amide bonds. The van der Waals surface area contributed by atoms with Crippen LogP contribution in [0.25, 0.3) is 0 Å². The Balaban J connectivity index is 0.000000150. The molecular formula is C107H135ClN22O9S2. The standard InChI is InChI=1S/C28H38N6O3S.C28H33N5O.C27H36N6O3S.C24H28ClN5O2/c1-20-21(2)29-27(30-23-9-11-24(12-10-23)34-15-13-33(5)14-16-34)31-26(20)18-22-7-6-8-25(17-22)38(36,37)32-28(3,4)19-35;1-20-19-29-28(30-24-9-11-25(12-10-24)33-15-13-32(2)14-16-33)31-26(20)17-21-5-7-23(8-6-21)27(34)18-22-3-4-22;1-20-18-28-26(29-22-8-10-23(11-9-22)33-14-12-32(4)13-15-33)30-25(20)17-21-6-5-7-24(16-21)37(35,36)31-27(2,3)19-34;1-29-8-10-30(11-9-29)19-6-4-18(5-7-19)27-24-26-16-22(25)23(28-24)14-17-12-20(31-2)15-21(13-17)32-3/h6-12,17,32,35H,13-16,18-19H2,1-5H3,(H,29,30,31);5-12,19,22H,3-4,13-18H2,1-2H3,(H,29,30,31);5-11,16,18,31,34H,12-15,17,19H2,1-4H3,(H,28,29,30);4-7,12-13,15-16H,8-11,14H2,1-3H3,(H,26,27,28). The Kier molecular flexibility index (Phi) is 35.5. The SMILES string of the molecule is COc1cc(Cc2nc(Nc3ccc(N4CCN(C)CC4)cc3)ncc2Cl)cc(OC)c1.Cc1cnc(Nc2ccc(N3CCN(C)CC3)cc2)nc1Cc1ccc(C(=O)CC2CC2)cc1.Cc1cnc(Nc2ccc(N3CCN(C)CC3)cc2)nc1Cc1cccc(S(=O)(=O)NC(C)(C)CO)c1.Cc1nc(Nc2ccc(N3CCN(C)CC3)cc2)nc(Cc2cccc(S(=O)(=O)NC(C)(C)CO)c2)c1C. The molecule has 5 aliphatic rings. The molecule has 17 rings (SSSR count). The van der Waals surface area contributed by atoms with Crippen molar-refractivity contribution in [1.82, 2.24) is 68.9 Å². The summed E-state index contributed by atoms with van der Waals surface area (Å²) in [4.78, 5) is 68.4. The number of carbonyl (C=O) groups is 1. The molecule has 1 aliphatic carbocycles. The fourth-order valence-corrected chi connectivity index (χ4v) is 19.6. The summed E-state index contributed by atoms with van der Waals surface area (Å²) in [6.07, 6.45) is 10.5. The van der Waals surface area contributed by atoms with E-state index < -0.39 is 31.1 Å². The molecule has 4 aliphatic heterocycles. The van der Waals surface area contributed by atoms with Crippen LogP contribution in [0.1, 0.15) is 125 Å². The zero-order chi connectivity index (χ0) is 100. The average molecular weight is 1970 g/mol. The zero-order valence-electron chi connectivity index (χ0n) is 83.5. The number of aliphatic hydroxyl groups excluding tert-OH is 2. The molecule has 12 aromatic rings. The normalized spacial score (nSPS) is 15.2. The Morgan fingerprint density at radius 2 is 0.730 bits per heavy atom. The molecule has 4 aromatic heterocycles. The van der Waals surface area contributed by atoms with Gasteiger partial charge in [-0.2, -0.15) is 0 Å². The van der Waals surface area contributed by atoms with Crippen molar-refractivity contribution in [3.63, 3.8) is 0 Å². The number of ether oxygens (including phenoxy) is 2. The number of aromatic nitrogens is 8. The molecule has 8 N–H and O–H groups in total. The van der Waals surface area contributed by atoms with Gasteiger partial charge in [0.15, 0.2) is 5.78 Å². The lowest BCUT2D eigenvalue weighted by Crippen LogP contribution is -2.46. The van der Waals surface area contributed by atoms with E-state index in [1.165, 1.54) is 35.6 Å². The molecule has 746 valence electrons. The topological polar surface area (TPSA) is 345 Å². The van der Waals surface area contributed by atoms with Gasteiger partial charge in [-0.1, -0.05) is 60.1 Å². The second kappa shape index (κ2) is 47.9. The van der Waals surface area contributed by atoms with Crippen molar-refractivity contribution in [3.8, 4) is 11.5 Å². The number of methoxy groups -OCH3 is 2. The van der Waals surface area contributed by atoms with Gasteiger partial charge in [-0.3, -0.25) is 4.79 Å². The van der Waals surface area contributed by atoms with Crippen LogP contribution in [0, 0.1) is 33.6 Å². The van der Waals surface area contributed by atoms with E-state index in [0.29, 0.717) is 66.8 Å². The molecule has 1 saturated carbocycles. The predicted molar refractivity (Wildman–Crippen MR) is 565 cm³/mol. The van der Waals surface area contributed by atoms with Gasteiger partial charge in [-0.05, 0) is 275 Å². The zero-order valence-corrected chi connectivity index (χ0v) is 85.9. The van der Waals surface area contributed by atoms with Crippen LogP contribution in [-0.4, -0.2) is 264 Å². The van der Waals surface area contributed by atoms with Crippen molar-refractivity contribution < 1.29 is 41.3 Å². The largest absolute Gasteiger partial charge is 0.497 e. The van der Waals surface area contributed by atoms with Gasteiger partial charge in [0.1, 0.15) is 11.5 Å². The monoisotopic (exact) mass is 1970 g/mol. The summed E-state index contributed by atoms with van der Waals surface area (Å²) in [6.45, 7) is 30.7. The summed E-state index contributed by atoms with van der Waals surface area (Å²) >= 11 is 6.39. The number of aliphatic hydroxyl groups is 2. The molecular weight excluding hydrogens is 1840 g/mol. The summed E-state index contributed by atoms with van der Waals surface area (Å²) in [5, 5.41) is 32.7. The summed E-state index contributed by atoms with van der Waals surface area (Å²) in [5.41, 5.74) is 18.4. The number of sulfonamides is 2. The Hall–Kier alpha value is -12.4. The Morgan fingerprint density at radius 3 is 1.09 bits per heavy atom. The Labute approximate surface area is 836 Å². The third-order valence-electron chi connectivity index (χ3n) is 25.8. The fourth-order valence-electron chi connectivity index (χ4n) is 16.5. The highest BCUT2D eigenvalue weighted by Gasteiger charge is 2.30. The number of anilines is 12. The molecule has 0 bridgehead atoms. The Morgan fingerprint density at radius 1 is 0.397 bits per heavy atom. The van der Waals surface area contributed by atoms with Crippen molar-refractivity contribution in [3.05, 3.63) is 285 Å². The quantitative estimate of drug-likeness (QED) is 0.0177. The molecule has 34 heteroatoms. The van der Waals surface area contributed by atoms with Crippen LogP contribution in [0.2, 0.25) is 5.02 Å². The smallest absolute Gasteiger partial charge is 0.241 e. The first-order valence-electron chi connectivity index (χ1n) is 48.1. The maximum atomic E-state index is 12.9. The number of hydrogen-bond donors (Lipinski definition) is 8. The van der Waals surface area contributed by atoms with Crippen LogP contribution >= 0.6 is 11.6 Å². The van der Waals surface area contributed by atoms with Gasteiger partial charge in [0.05, 0.1) is 82.3 Å². The number of likely N-dealkylation sites (N-methyl/N-ethyl adjacent to an activating group) is 4. The van der Waals surface area contributed by atoms with Crippen LogP contribution in [0.5, 0.6) is 11.5 Å². The third kappa shape index (κ3) is 30.3. The van der Waals surface area contributed by atoms with Gasteiger partial charge in [-0.25, -0.2) is 66.2 Å². The van der Waals surface area contributed by atoms with E-state index in [9.17, 15) is 31.8 Å². The number of piperazine rings is 4. The lowest BCUT2D eigenvalue weighted by Gasteiger charge is -2.34. The first-order valence-corrected chi connectivity index (χ1v) is 51.5. The maximum absolute atomic E-state index is 12.9. The van der Waals surface area contributed by atoms with Gasteiger partial charge >= 0.3 is 0 Å². The van der Waals surface area contributed by atoms with Crippen LogP contribution < -0.4 is 59.8 Å². The molecule has 141 heavy (non-hydrogen) atoms. The van der Waals surface area contributed by atoms with E-state index in [-0.39, 0.29) is 28.8 Å². The Bertz CT molecular complexity index is 6400. The highest BCUT2D eigenvalue weighted by atomic mass is 35.5. The number of halogens is 1. The van der Waals surface area contributed by atoms with Gasteiger partial charge in [-0.15, -0.1) is 0 Å². The molecule has 31 nitrogen and oxygen atoms in total. The third-order valence-corrected chi connectivity index (χ3v) is 29.5. The van der Waals surface area contributed by atoms with E-state index in [0.717, 1.165) is 212 Å². The first-order chi connectivity index (χ1) is 67.6. The lowest BCUT2D eigenvalue weighted by molar-refractivity contribution is 0.0976. The molecule has 5 fully saturated rings. The number of ketones is 1. The first kappa shape index (κ1) is 104. The second-order valence-electron chi connectivity index (χ2n) is 38.5. The van der Waals surface area contributed by atoms with E-state index in [1.54, 1.807) is 90.7 Å². The molecule has 0 unspecified atom stereocenters. The van der Waals surface area contributed by atoms with Crippen molar-refractivity contribution in [2.75, 3.05) is 201 Å². The molecule has 8 heterocycles. The van der Waals surface area contributed by atoms with E-state index in [4.69, 9.17) is 36.0 Å². The fraction of sp³-hybridized carbons (Fsp3) is 0.393. The summed E-state index contributed by atoms with van der Waals surface area (Å²) in [6, 6.07) is 60.8. The van der Waals surface area contributed by atoms with Crippen molar-refractivity contribution >= 4 is 107 Å². The van der Waals surface area contributed by atoms with E-state index in [2.05, 4.69) is 196 Å². The molecule has 0 spiro atoms. The maximum Gasteiger partial charge on any atom is 0.241 e. The molecule has 0 radical (unpaired) electrons. The van der Waals surface area contributed by atoms with Crippen molar-refractivity contribution in [2.45, 2.75) is 121 Å². The molecule has 4 saturated heterocycles. The second-order valence-corrected chi connectivity index (χ2v) is 42.2. The van der Waals surface area contributed by atoms with E-state index >= 15 is 0 Å². The summed E-state index contributed by atoms with van der Waals surface area (Å²) < 4.78 is 67.2. The lowest BCUT2D eigenvalue weighted by atomic mass is 10.0. The van der Waals surface area contributed by atoms with Gasteiger partial charge in [0, 0.05) is 212 Å². The number of hydrogen-bond acceptors (Lipinski definition) is 29. The number of rotatable bonds is 33. The van der Waals surface area contributed by atoms with Crippen LogP contribution in [0.15, 0.2) is 216 Å². The van der Waals surface area contributed by atoms with Crippen molar-refractivity contribution in [1.29, 1.82) is 0 Å². The number of nitrogens with one attached hydrogen (secondary N) is 6. The number of nitrogens with zero attached hydrogens (tertiary/aromatic N) is 16. The highest BCUT2D eigenvalue weighted by Crippen LogP contribution is 2.35. The highest BCUT2D eigenvalue weighted by molar-refractivity contribution is 7.89. The minimum Gasteiger partial charge on any atom is -0.497 e. The minimum absolute atomic E-state index is 0.150. The van der Waals surface area contributed by atoms with Crippen LogP contribution in [0.4, 0.5) is 69.3 Å². The number of benzene rings is 8. The summed E-state index contributed by atoms with van der Waals surface area (Å²) in [5.74, 6) is 4.43. The van der Waals surface area contributed by atoms with Crippen molar-refractivity contribution in [2.24, 2.45) is 5.92 Å². The van der Waals surface area contributed by atoms with Gasteiger partial charge in [0.2, 0.25) is 43.8 Å². The summed E-state index contributed by atoms with van der Waals surface area (Å²) in [7, 11) is 4.33. The van der Waals surface area contributed by atoms with E-state index in [1.807, 2.05) is 113 Å². The van der Waals surface area contributed by atoms with Crippen LogP contribution in [0.3, 0.4) is 0 Å². The van der Waals surface area contributed by atoms with Gasteiger partial charge in [0.25, 0.3) is 0 Å². The molecule has 0 atom stereocenters. The number of aryl methyl sites for hydroxylation is 3. The average Bonchev–Trinajstić information content (AvgIpc) is 1.67. The predicted octanol–water partition coefficient (Wildman–Crippen LogP) is 15.2. The number of carbonyl (C=O) groups excluding carboxylic acids is 1. The van der Waals surface area contributed by atoms with Gasteiger partial charge < -0.3 is 80.2 Å². The minimum atomic E-state index is -3.79.